The minimum Gasteiger partial charge on any atom is -0.481 e. The van der Waals surface area contributed by atoms with Crippen LogP contribution in [-0.2, 0) is 29.2 Å². The van der Waals surface area contributed by atoms with Crippen molar-refractivity contribution in [1.29, 1.82) is 0 Å². The van der Waals surface area contributed by atoms with Crippen LogP contribution in [0.5, 0.6) is 0 Å². The van der Waals surface area contributed by atoms with E-state index in [1.165, 1.54) is 11.3 Å². The van der Waals surface area contributed by atoms with Crippen LogP contribution in [0.1, 0.15) is 79.3 Å². The predicted molar refractivity (Wildman–Crippen MR) is 134 cm³/mol. The molecule has 3 aliphatic rings. The lowest BCUT2D eigenvalue weighted by Crippen LogP contribution is -2.33. The Morgan fingerprint density at radius 2 is 2.00 bits per heavy atom. The fraction of sp³-hybridized carbons (Fsp3) is 0.500. The number of anilines is 1. The molecule has 0 radical (unpaired) electrons. The fourth-order valence-electron chi connectivity index (χ4n) is 6.41. The van der Waals surface area contributed by atoms with Crippen LogP contribution in [0.4, 0.5) is 5.69 Å². The molecule has 0 spiro atoms. The Morgan fingerprint density at radius 1 is 1.14 bits per heavy atom. The number of benzene rings is 2. The average Bonchev–Trinajstić information content (AvgIpc) is 3.50. The van der Waals surface area contributed by atoms with Gasteiger partial charge in [0.2, 0.25) is 0 Å². The zero-order valence-electron chi connectivity index (χ0n) is 20.4. The van der Waals surface area contributed by atoms with Crippen molar-refractivity contribution in [3.63, 3.8) is 0 Å². The number of carboxylic acids is 1. The number of aliphatic hydroxyl groups excluding tert-OH is 1. The van der Waals surface area contributed by atoms with Crippen LogP contribution in [-0.4, -0.2) is 38.8 Å². The summed E-state index contributed by atoms with van der Waals surface area (Å²) in [6.45, 7) is 3.30. The third-order valence-corrected chi connectivity index (χ3v) is 8.54. The molecule has 1 fully saturated rings. The molecule has 6 rings (SSSR count). The molecule has 4 unspecified atom stereocenters. The number of aliphatic hydroxyl groups is 1. The average molecular weight is 476 g/mol. The topological polar surface area (TPSA) is 87.8 Å². The van der Waals surface area contributed by atoms with E-state index in [0.29, 0.717) is 37.9 Å². The van der Waals surface area contributed by atoms with Crippen LogP contribution in [0.25, 0.3) is 11.0 Å². The van der Waals surface area contributed by atoms with Gasteiger partial charge in [-0.25, -0.2) is 4.98 Å². The van der Waals surface area contributed by atoms with E-state index in [9.17, 15) is 15.0 Å². The van der Waals surface area contributed by atoms with Gasteiger partial charge in [-0.2, -0.15) is 0 Å². The minimum atomic E-state index is -0.903. The van der Waals surface area contributed by atoms with Crippen LogP contribution < -0.4 is 4.90 Å². The molecule has 2 N–H and O–H groups in total. The van der Waals surface area contributed by atoms with Crippen molar-refractivity contribution < 1.29 is 19.7 Å². The Balaban J connectivity index is 1.53. The van der Waals surface area contributed by atoms with Gasteiger partial charge >= 0.3 is 5.97 Å². The van der Waals surface area contributed by atoms with Gasteiger partial charge in [0, 0.05) is 30.4 Å². The summed E-state index contributed by atoms with van der Waals surface area (Å²) in [6.07, 6.45) is 4.11. The second kappa shape index (κ2) is 8.64. The molecule has 1 aliphatic carbocycles. The highest BCUT2D eigenvalue weighted by Gasteiger charge is 2.34. The number of imidazole rings is 1. The molecule has 1 aromatic heterocycles. The second-order valence-corrected chi connectivity index (χ2v) is 10.5. The molecule has 0 bridgehead atoms. The molecule has 7 nitrogen and oxygen atoms in total. The van der Waals surface area contributed by atoms with Crippen molar-refractivity contribution in [2.45, 2.75) is 76.9 Å². The first-order valence-corrected chi connectivity index (χ1v) is 12.8. The van der Waals surface area contributed by atoms with E-state index in [1.807, 2.05) is 18.2 Å². The van der Waals surface area contributed by atoms with Crippen molar-refractivity contribution in [3.8, 4) is 0 Å². The molecule has 0 saturated heterocycles. The van der Waals surface area contributed by atoms with Crippen LogP contribution >= 0.6 is 0 Å². The van der Waals surface area contributed by atoms with Crippen molar-refractivity contribution in [2.24, 2.45) is 5.92 Å². The summed E-state index contributed by atoms with van der Waals surface area (Å²) in [7, 11) is 2.13. The Hall–Kier alpha value is -2.90. The van der Waals surface area contributed by atoms with Crippen LogP contribution in [0.2, 0.25) is 0 Å². The standard InChI is InChI=1S/C28H33N3O4/c1-16-9-10-21-23(30(16)2)11-12-24-25(21)29-27(31(24)19-7-3-5-17(13-19)28(33)34)26(32)20-8-4-6-18-14-35-15-22(18)20/h4,6,8,11-12,16-17,19,26,32H,3,5,7,9-10,13-15H2,1-2H3,(H,33,34). The molecule has 2 aromatic carbocycles. The number of fused-ring (bicyclic) bond motifs is 4. The molecular formula is C28H33N3O4. The van der Waals surface area contributed by atoms with Crippen LogP contribution in [0.15, 0.2) is 30.3 Å². The summed E-state index contributed by atoms with van der Waals surface area (Å²) in [4.78, 5) is 19.3. The number of carboxylic acid groups (broad SMARTS) is 1. The highest BCUT2D eigenvalue weighted by molar-refractivity contribution is 5.86. The molecule has 4 atom stereocenters. The van der Waals surface area contributed by atoms with Gasteiger partial charge in [-0.05, 0) is 67.9 Å². The van der Waals surface area contributed by atoms with E-state index in [-0.39, 0.29) is 12.0 Å². The Bertz CT molecular complexity index is 1300. The number of aryl methyl sites for hydroxylation is 1. The number of nitrogens with zero attached hydrogens (tertiary/aromatic N) is 3. The number of carbonyl (C=O) groups is 1. The Labute approximate surface area is 205 Å². The molecule has 0 amide bonds. The molecule has 184 valence electrons. The Morgan fingerprint density at radius 3 is 2.83 bits per heavy atom. The lowest BCUT2D eigenvalue weighted by molar-refractivity contribution is -0.143. The molecular weight excluding hydrogens is 442 g/mol. The number of aliphatic carboxylic acids is 1. The van der Waals surface area contributed by atoms with Gasteiger partial charge in [0.25, 0.3) is 0 Å². The summed E-state index contributed by atoms with van der Waals surface area (Å²) in [5.41, 5.74) is 7.35. The van der Waals surface area contributed by atoms with Gasteiger partial charge in [-0.1, -0.05) is 24.6 Å². The maximum Gasteiger partial charge on any atom is 0.306 e. The van der Waals surface area contributed by atoms with Crippen molar-refractivity contribution in [1.82, 2.24) is 9.55 Å². The van der Waals surface area contributed by atoms with Gasteiger partial charge in [-0.15, -0.1) is 0 Å². The van der Waals surface area contributed by atoms with Gasteiger partial charge in [0.1, 0.15) is 11.9 Å². The highest BCUT2D eigenvalue weighted by atomic mass is 16.5. The van der Waals surface area contributed by atoms with E-state index < -0.39 is 12.1 Å². The molecule has 35 heavy (non-hydrogen) atoms. The molecule has 1 saturated carbocycles. The maximum absolute atomic E-state index is 11.9. The van der Waals surface area contributed by atoms with Gasteiger partial charge in [0.05, 0.1) is 30.2 Å². The number of hydrogen-bond acceptors (Lipinski definition) is 5. The smallest absolute Gasteiger partial charge is 0.306 e. The van der Waals surface area contributed by atoms with Gasteiger partial charge < -0.3 is 24.4 Å². The predicted octanol–water partition coefficient (Wildman–Crippen LogP) is 4.74. The van der Waals surface area contributed by atoms with E-state index in [2.05, 4.69) is 35.6 Å². The lowest BCUT2D eigenvalue weighted by Gasteiger charge is -2.34. The highest BCUT2D eigenvalue weighted by Crippen LogP contribution is 2.42. The normalized spacial score (nSPS) is 24.9. The monoisotopic (exact) mass is 475 g/mol. The van der Waals surface area contributed by atoms with Crippen molar-refractivity contribution in [2.75, 3.05) is 11.9 Å². The number of ether oxygens (including phenoxy) is 1. The van der Waals surface area contributed by atoms with E-state index in [1.54, 1.807) is 0 Å². The lowest BCUT2D eigenvalue weighted by atomic mass is 9.85. The summed E-state index contributed by atoms with van der Waals surface area (Å²) in [6, 6.07) is 10.7. The molecule has 7 heteroatoms. The van der Waals surface area contributed by atoms with E-state index in [4.69, 9.17) is 9.72 Å². The Kier molecular flexibility index (Phi) is 5.57. The first-order valence-electron chi connectivity index (χ1n) is 12.8. The minimum absolute atomic E-state index is 0.00851. The molecule has 3 heterocycles. The third kappa shape index (κ3) is 3.64. The largest absolute Gasteiger partial charge is 0.481 e. The van der Waals surface area contributed by atoms with E-state index in [0.717, 1.165) is 53.4 Å². The van der Waals surface area contributed by atoms with Crippen molar-refractivity contribution in [3.05, 3.63) is 58.4 Å². The van der Waals surface area contributed by atoms with Gasteiger partial charge in [-0.3, -0.25) is 4.79 Å². The first kappa shape index (κ1) is 22.6. The summed E-state index contributed by atoms with van der Waals surface area (Å²) < 4.78 is 7.84. The maximum atomic E-state index is 11.9. The summed E-state index contributed by atoms with van der Waals surface area (Å²) in [5, 5.41) is 21.5. The third-order valence-electron chi connectivity index (χ3n) is 8.54. The van der Waals surface area contributed by atoms with Crippen LogP contribution in [0.3, 0.4) is 0 Å². The van der Waals surface area contributed by atoms with Crippen LogP contribution in [0, 0.1) is 5.92 Å². The fourth-order valence-corrected chi connectivity index (χ4v) is 6.41. The van der Waals surface area contributed by atoms with Gasteiger partial charge in [0.15, 0.2) is 0 Å². The SMILES string of the molecule is CC1CCc2c(ccc3c2nc(C(O)c2cccc4c2COC4)n3C2CCCC(C(=O)O)C2)N1C. The quantitative estimate of drug-likeness (QED) is 0.567. The zero-order valence-corrected chi connectivity index (χ0v) is 20.4. The summed E-state index contributed by atoms with van der Waals surface area (Å²) >= 11 is 0. The number of hydrogen-bond donors (Lipinski definition) is 2. The zero-order chi connectivity index (χ0) is 24.3. The number of rotatable bonds is 4. The summed E-state index contributed by atoms with van der Waals surface area (Å²) in [5.74, 6) is -0.478. The van der Waals surface area contributed by atoms with E-state index >= 15 is 0 Å². The number of aromatic nitrogens is 2. The molecule has 3 aromatic rings. The second-order valence-electron chi connectivity index (χ2n) is 10.5. The first-order chi connectivity index (χ1) is 16.9. The molecule has 2 aliphatic heterocycles. The van der Waals surface area contributed by atoms with Crippen molar-refractivity contribution >= 4 is 22.7 Å².